The maximum atomic E-state index is 13.4. The van der Waals surface area contributed by atoms with Gasteiger partial charge in [-0.3, -0.25) is 4.79 Å². The SMILES string of the molecule is O=C(Nc1cc(S(=O)(=O)N2CCCCCC2)ccc1Cl)C(c1ccccc1)c1ccccc1. The lowest BCUT2D eigenvalue weighted by Crippen LogP contribution is -2.32. The molecule has 4 rings (SSSR count). The van der Waals surface area contributed by atoms with Crippen molar-refractivity contribution in [3.63, 3.8) is 0 Å². The average molecular weight is 483 g/mol. The first-order valence-corrected chi connectivity index (χ1v) is 13.0. The molecule has 1 aliphatic rings. The van der Waals surface area contributed by atoms with Crippen LogP contribution in [0.3, 0.4) is 0 Å². The molecular weight excluding hydrogens is 456 g/mol. The van der Waals surface area contributed by atoms with Crippen LogP contribution in [0.1, 0.15) is 42.7 Å². The van der Waals surface area contributed by atoms with Gasteiger partial charge >= 0.3 is 0 Å². The molecule has 1 aliphatic heterocycles. The van der Waals surface area contributed by atoms with E-state index in [-0.39, 0.29) is 21.5 Å². The highest BCUT2D eigenvalue weighted by Gasteiger charge is 2.27. The van der Waals surface area contributed by atoms with Crippen LogP contribution >= 0.6 is 11.6 Å². The molecule has 1 amide bonds. The molecule has 0 bridgehead atoms. The lowest BCUT2D eigenvalue weighted by molar-refractivity contribution is -0.116. The molecule has 1 heterocycles. The second-order valence-electron chi connectivity index (χ2n) is 8.20. The van der Waals surface area contributed by atoms with Crippen LogP contribution < -0.4 is 5.32 Å². The zero-order valence-corrected chi connectivity index (χ0v) is 19.9. The summed E-state index contributed by atoms with van der Waals surface area (Å²) in [6, 6.07) is 23.5. The molecule has 5 nitrogen and oxygen atoms in total. The molecule has 33 heavy (non-hydrogen) atoms. The fourth-order valence-electron chi connectivity index (χ4n) is 4.18. The van der Waals surface area contributed by atoms with E-state index in [9.17, 15) is 13.2 Å². The van der Waals surface area contributed by atoms with Crippen molar-refractivity contribution < 1.29 is 13.2 Å². The van der Waals surface area contributed by atoms with Gasteiger partial charge in [-0.05, 0) is 42.2 Å². The number of carbonyl (C=O) groups is 1. The fraction of sp³-hybridized carbons (Fsp3) is 0.269. The Morgan fingerprint density at radius 1 is 0.818 bits per heavy atom. The van der Waals surface area contributed by atoms with Gasteiger partial charge in [0, 0.05) is 13.1 Å². The number of sulfonamides is 1. The number of anilines is 1. The topological polar surface area (TPSA) is 66.5 Å². The van der Waals surface area contributed by atoms with Gasteiger partial charge in [-0.2, -0.15) is 4.31 Å². The maximum absolute atomic E-state index is 13.4. The van der Waals surface area contributed by atoms with Crippen molar-refractivity contribution >= 4 is 33.2 Å². The minimum atomic E-state index is -3.66. The minimum Gasteiger partial charge on any atom is -0.324 e. The molecule has 0 aliphatic carbocycles. The van der Waals surface area contributed by atoms with Crippen LogP contribution in [0.25, 0.3) is 0 Å². The van der Waals surface area contributed by atoms with E-state index in [1.165, 1.54) is 22.5 Å². The van der Waals surface area contributed by atoms with Crippen molar-refractivity contribution in [2.45, 2.75) is 36.5 Å². The van der Waals surface area contributed by atoms with E-state index in [1.54, 1.807) is 0 Å². The summed E-state index contributed by atoms with van der Waals surface area (Å²) in [5.41, 5.74) is 1.96. The van der Waals surface area contributed by atoms with Gasteiger partial charge in [-0.1, -0.05) is 85.1 Å². The van der Waals surface area contributed by atoms with Gasteiger partial charge in [-0.25, -0.2) is 8.42 Å². The number of amides is 1. The van der Waals surface area contributed by atoms with E-state index in [0.29, 0.717) is 13.1 Å². The number of nitrogens with zero attached hydrogens (tertiary/aromatic N) is 1. The molecule has 7 heteroatoms. The van der Waals surface area contributed by atoms with Gasteiger partial charge in [0.2, 0.25) is 15.9 Å². The summed E-state index contributed by atoms with van der Waals surface area (Å²) in [4.78, 5) is 13.6. The second-order valence-corrected chi connectivity index (χ2v) is 10.5. The van der Waals surface area contributed by atoms with Crippen LogP contribution in [-0.4, -0.2) is 31.7 Å². The summed E-state index contributed by atoms with van der Waals surface area (Å²) in [5, 5.41) is 3.17. The maximum Gasteiger partial charge on any atom is 0.243 e. The second kappa shape index (κ2) is 10.5. The lowest BCUT2D eigenvalue weighted by atomic mass is 9.90. The first-order valence-electron chi connectivity index (χ1n) is 11.2. The highest BCUT2D eigenvalue weighted by atomic mass is 35.5. The molecule has 1 N–H and O–H groups in total. The molecule has 3 aromatic rings. The summed E-state index contributed by atoms with van der Waals surface area (Å²) in [6.07, 6.45) is 3.78. The Labute approximate surface area is 200 Å². The Balaban J connectivity index is 1.64. The summed E-state index contributed by atoms with van der Waals surface area (Å²) in [7, 11) is -3.66. The van der Waals surface area contributed by atoms with Crippen molar-refractivity contribution in [1.29, 1.82) is 0 Å². The first-order chi connectivity index (χ1) is 16.0. The molecule has 0 unspecified atom stereocenters. The van der Waals surface area contributed by atoms with Gasteiger partial charge in [0.05, 0.1) is 21.5 Å². The minimum absolute atomic E-state index is 0.139. The van der Waals surface area contributed by atoms with Gasteiger partial charge < -0.3 is 5.32 Å². The van der Waals surface area contributed by atoms with Gasteiger partial charge in [-0.15, -0.1) is 0 Å². The number of hydrogen-bond donors (Lipinski definition) is 1. The third kappa shape index (κ3) is 5.46. The summed E-state index contributed by atoms with van der Waals surface area (Å²) < 4.78 is 28.0. The summed E-state index contributed by atoms with van der Waals surface area (Å²) in [5.74, 6) is -0.840. The van der Waals surface area contributed by atoms with Crippen molar-refractivity contribution in [3.05, 3.63) is 95.0 Å². The number of carbonyl (C=O) groups excluding carboxylic acids is 1. The van der Waals surface area contributed by atoms with Crippen molar-refractivity contribution in [2.75, 3.05) is 18.4 Å². The highest BCUT2D eigenvalue weighted by molar-refractivity contribution is 7.89. The molecule has 0 aromatic heterocycles. The zero-order chi connectivity index (χ0) is 23.3. The molecular formula is C26H27ClN2O3S. The zero-order valence-electron chi connectivity index (χ0n) is 18.3. The van der Waals surface area contributed by atoms with E-state index in [2.05, 4.69) is 5.32 Å². The van der Waals surface area contributed by atoms with Crippen LogP contribution in [0, 0.1) is 0 Å². The largest absolute Gasteiger partial charge is 0.324 e. The van der Waals surface area contributed by atoms with E-state index >= 15 is 0 Å². The van der Waals surface area contributed by atoms with Crippen molar-refractivity contribution in [2.24, 2.45) is 0 Å². The third-order valence-electron chi connectivity index (χ3n) is 5.93. The Bertz CT molecular complexity index is 1150. The van der Waals surface area contributed by atoms with Crippen LogP contribution in [0.2, 0.25) is 5.02 Å². The van der Waals surface area contributed by atoms with Gasteiger partial charge in [0.25, 0.3) is 0 Å². The van der Waals surface area contributed by atoms with Crippen LogP contribution in [0.5, 0.6) is 0 Å². The Morgan fingerprint density at radius 2 is 1.36 bits per heavy atom. The van der Waals surface area contributed by atoms with E-state index in [1.807, 2.05) is 60.7 Å². The summed E-state index contributed by atoms with van der Waals surface area (Å²) in [6.45, 7) is 1.02. The van der Waals surface area contributed by atoms with E-state index in [4.69, 9.17) is 11.6 Å². The molecule has 172 valence electrons. The fourth-order valence-corrected chi connectivity index (χ4v) is 5.89. The van der Waals surface area contributed by atoms with Crippen LogP contribution in [0.4, 0.5) is 5.69 Å². The number of nitrogens with one attached hydrogen (secondary N) is 1. The van der Waals surface area contributed by atoms with Crippen LogP contribution in [0.15, 0.2) is 83.8 Å². The third-order valence-corrected chi connectivity index (χ3v) is 8.15. The molecule has 3 aromatic carbocycles. The normalized spacial score (nSPS) is 15.2. The van der Waals surface area contributed by atoms with Crippen molar-refractivity contribution in [3.8, 4) is 0 Å². The quantitative estimate of drug-likeness (QED) is 0.491. The monoisotopic (exact) mass is 482 g/mol. The smallest absolute Gasteiger partial charge is 0.243 e. The predicted octanol–water partition coefficient (Wildman–Crippen LogP) is 5.68. The molecule has 0 radical (unpaired) electrons. The van der Waals surface area contributed by atoms with Gasteiger partial charge in [0.15, 0.2) is 0 Å². The van der Waals surface area contributed by atoms with Crippen molar-refractivity contribution in [1.82, 2.24) is 4.31 Å². The molecule has 0 saturated carbocycles. The average Bonchev–Trinajstić information content (AvgIpc) is 3.12. The Hall–Kier alpha value is -2.67. The molecule has 1 saturated heterocycles. The van der Waals surface area contributed by atoms with E-state index < -0.39 is 15.9 Å². The van der Waals surface area contributed by atoms with Crippen LogP contribution in [-0.2, 0) is 14.8 Å². The standard InChI is InChI=1S/C26H27ClN2O3S/c27-23-16-15-22(33(31,32)29-17-9-1-2-10-18-29)19-24(23)28-26(30)25(20-11-5-3-6-12-20)21-13-7-4-8-14-21/h3-8,11-16,19,25H,1-2,9-10,17-18H2,(H,28,30). The molecule has 1 fully saturated rings. The highest BCUT2D eigenvalue weighted by Crippen LogP contribution is 2.31. The van der Waals surface area contributed by atoms with E-state index in [0.717, 1.165) is 36.8 Å². The summed E-state index contributed by atoms with van der Waals surface area (Å²) >= 11 is 6.38. The predicted molar refractivity (Wildman–Crippen MR) is 132 cm³/mol. The Kier molecular flexibility index (Phi) is 7.48. The molecule has 0 atom stereocenters. The first kappa shape index (κ1) is 23.5. The lowest BCUT2D eigenvalue weighted by Gasteiger charge is -2.21. The molecule has 0 spiro atoms. The number of rotatable bonds is 6. The van der Waals surface area contributed by atoms with Gasteiger partial charge in [0.1, 0.15) is 0 Å². The number of hydrogen-bond acceptors (Lipinski definition) is 3. The number of halogens is 1. The Morgan fingerprint density at radius 3 is 1.91 bits per heavy atom. The number of benzene rings is 3.